The molecule has 132 valence electrons. The minimum atomic E-state index is -1.10. The van der Waals surface area contributed by atoms with Gasteiger partial charge in [0.2, 0.25) is 0 Å². The molecule has 1 unspecified atom stereocenters. The number of nitrogens with one attached hydrogen (secondary N) is 1. The molecule has 0 radical (unpaired) electrons. The summed E-state index contributed by atoms with van der Waals surface area (Å²) >= 11 is 5.91. The number of Topliss-reactive ketones (excluding diaryl/α,β-unsaturated/α-hetero) is 1. The van der Waals surface area contributed by atoms with E-state index in [4.69, 9.17) is 16.7 Å². The second kappa shape index (κ2) is 8.46. The first-order chi connectivity index (χ1) is 11.4. The number of benzene rings is 1. The highest BCUT2D eigenvalue weighted by Crippen LogP contribution is 2.27. The molecule has 1 aromatic rings. The van der Waals surface area contributed by atoms with Crippen molar-refractivity contribution in [2.75, 3.05) is 19.7 Å². The van der Waals surface area contributed by atoms with Crippen LogP contribution in [0.3, 0.4) is 0 Å². The number of hydrogen-bond acceptors (Lipinski definition) is 4. The predicted octanol–water partition coefficient (Wildman–Crippen LogP) is 1.54. The van der Waals surface area contributed by atoms with Gasteiger partial charge in [0.1, 0.15) is 12.6 Å². The molecule has 0 bridgehead atoms. The number of likely N-dealkylation sites (tertiary alicyclic amines) is 1. The van der Waals surface area contributed by atoms with Gasteiger partial charge in [-0.1, -0.05) is 23.7 Å². The number of aliphatic hydroxyl groups excluding tert-OH is 2. The Morgan fingerprint density at radius 2 is 2.04 bits per heavy atom. The Morgan fingerprint density at radius 1 is 1.38 bits per heavy atom. The molecule has 6 nitrogen and oxygen atoms in total. The number of piperidine rings is 1. The average Bonchev–Trinajstić information content (AvgIpc) is 2.59. The first-order valence-corrected chi connectivity index (χ1v) is 8.42. The third-order valence-corrected chi connectivity index (χ3v) is 4.57. The summed E-state index contributed by atoms with van der Waals surface area (Å²) in [7, 11) is 0. The topological polar surface area (TPSA) is 89.9 Å². The van der Waals surface area contributed by atoms with Gasteiger partial charge < -0.3 is 20.4 Å². The van der Waals surface area contributed by atoms with Crippen molar-refractivity contribution in [1.29, 1.82) is 0 Å². The van der Waals surface area contributed by atoms with Gasteiger partial charge in [-0.25, -0.2) is 4.79 Å². The molecule has 0 spiro atoms. The number of carbonyl (C=O) groups is 2. The maximum Gasteiger partial charge on any atom is 0.318 e. The van der Waals surface area contributed by atoms with Gasteiger partial charge in [0, 0.05) is 24.0 Å². The number of aliphatic hydroxyl groups is 2. The van der Waals surface area contributed by atoms with Crippen molar-refractivity contribution in [3.8, 4) is 0 Å². The molecule has 0 saturated carbocycles. The lowest BCUT2D eigenvalue weighted by Gasteiger charge is -2.34. The summed E-state index contributed by atoms with van der Waals surface area (Å²) in [6.45, 7) is 1.82. The SMILES string of the molecule is C[C@H](O)[C@H](NC(=O)N1CCCC(c2ccc(Cl)cc2)C1)C(=O)CO. The van der Waals surface area contributed by atoms with E-state index >= 15 is 0 Å². The van der Waals surface area contributed by atoms with Crippen molar-refractivity contribution in [3.63, 3.8) is 0 Å². The number of nitrogens with zero attached hydrogens (tertiary/aromatic N) is 1. The van der Waals surface area contributed by atoms with Gasteiger partial charge in [-0.05, 0) is 37.5 Å². The number of rotatable bonds is 5. The molecule has 1 heterocycles. The van der Waals surface area contributed by atoms with Crippen LogP contribution < -0.4 is 5.32 Å². The Bertz CT molecular complexity index is 576. The number of urea groups is 1. The lowest BCUT2D eigenvalue weighted by molar-refractivity contribution is -0.125. The maximum atomic E-state index is 12.4. The quantitative estimate of drug-likeness (QED) is 0.748. The largest absolute Gasteiger partial charge is 0.391 e. The van der Waals surface area contributed by atoms with Crippen molar-refractivity contribution in [3.05, 3.63) is 34.9 Å². The van der Waals surface area contributed by atoms with Crippen LogP contribution in [0, 0.1) is 0 Å². The Balaban J connectivity index is 2.01. The zero-order valence-electron chi connectivity index (χ0n) is 13.6. The summed E-state index contributed by atoms with van der Waals surface area (Å²) in [6.07, 6.45) is 0.764. The van der Waals surface area contributed by atoms with Crippen molar-refractivity contribution in [2.24, 2.45) is 0 Å². The van der Waals surface area contributed by atoms with Crippen LogP contribution in [0.15, 0.2) is 24.3 Å². The Morgan fingerprint density at radius 3 is 2.62 bits per heavy atom. The second-order valence-corrected chi connectivity index (χ2v) is 6.57. The molecule has 24 heavy (non-hydrogen) atoms. The second-order valence-electron chi connectivity index (χ2n) is 6.13. The third-order valence-electron chi connectivity index (χ3n) is 4.31. The van der Waals surface area contributed by atoms with E-state index in [2.05, 4.69) is 5.32 Å². The van der Waals surface area contributed by atoms with Crippen LogP contribution >= 0.6 is 11.6 Å². The minimum absolute atomic E-state index is 0.209. The summed E-state index contributed by atoms with van der Waals surface area (Å²) in [6, 6.07) is 6.09. The summed E-state index contributed by atoms with van der Waals surface area (Å²) < 4.78 is 0. The number of hydrogen-bond donors (Lipinski definition) is 3. The van der Waals surface area contributed by atoms with Crippen molar-refractivity contribution in [1.82, 2.24) is 10.2 Å². The van der Waals surface area contributed by atoms with E-state index in [9.17, 15) is 14.7 Å². The van der Waals surface area contributed by atoms with E-state index in [1.54, 1.807) is 4.90 Å². The lowest BCUT2D eigenvalue weighted by atomic mass is 9.91. The number of halogens is 1. The zero-order valence-corrected chi connectivity index (χ0v) is 14.4. The minimum Gasteiger partial charge on any atom is -0.391 e. The van der Waals surface area contributed by atoms with Crippen molar-refractivity contribution >= 4 is 23.4 Å². The Kier molecular flexibility index (Phi) is 6.60. The summed E-state index contributed by atoms with van der Waals surface area (Å²) in [5, 5.41) is 21.8. The van der Waals surface area contributed by atoms with E-state index < -0.39 is 30.6 Å². The standard InChI is InChI=1S/C17H23ClN2O4/c1-11(22)16(15(23)10-21)19-17(24)20-8-2-3-13(9-20)12-4-6-14(18)7-5-12/h4-7,11,13,16,21-22H,2-3,8-10H2,1H3,(H,19,24)/t11-,13?,16-/m0/s1. The number of ketones is 1. The molecule has 0 aliphatic carbocycles. The Labute approximate surface area is 146 Å². The van der Waals surface area contributed by atoms with Crippen molar-refractivity contribution in [2.45, 2.75) is 37.8 Å². The molecule has 1 fully saturated rings. The molecule has 1 aromatic carbocycles. The highest BCUT2D eigenvalue weighted by Gasteiger charge is 2.29. The van der Waals surface area contributed by atoms with Crippen LogP contribution in [0.4, 0.5) is 4.79 Å². The highest BCUT2D eigenvalue weighted by atomic mass is 35.5. The zero-order chi connectivity index (χ0) is 17.7. The molecule has 3 atom stereocenters. The van der Waals surface area contributed by atoms with E-state index in [1.807, 2.05) is 24.3 Å². The van der Waals surface area contributed by atoms with Gasteiger partial charge in [0.05, 0.1) is 6.10 Å². The van der Waals surface area contributed by atoms with Gasteiger partial charge in [-0.2, -0.15) is 0 Å². The average molecular weight is 355 g/mol. The van der Waals surface area contributed by atoms with Crippen LogP contribution in [-0.2, 0) is 4.79 Å². The molecule has 2 rings (SSSR count). The molecule has 3 N–H and O–H groups in total. The molecule has 1 aliphatic rings. The summed E-state index contributed by atoms with van der Waals surface area (Å²) in [5.41, 5.74) is 1.12. The summed E-state index contributed by atoms with van der Waals surface area (Å²) in [5.74, 6) is -0.398. The fraction of sp³-hybridized carbons (Fsp3) is 0.529. The molecule has 1 saturated heterocycles. The van der Waals surface area contributed by atoms with Crippen molar-refractivity contribution < 1.29 is 19.8 Å². The molecular formula is C17H23ClN2O4. The summed E-state index contributed by atoms with van der Waals surface area (Å²) in [4.78, 5) is 25.7. The van der Waals surface area contributed by atoms with Gasteiger partial charge in [0.25, 0.3) is 0 Å². The fourth-order valence-corrected chi connectivity index (χ4v) is 3.09. The fourth-order valence-electron chi connectivity index (χ4n) is 2.96. The van der Waals surface area contributed by atoms with Gasteiger partial charge >= 0.3 is 6.03 Å². The Hall–Kier alpha value is -1.63. The van der Waals surface area contributed by atoms with E-state index in [0.29, 0.717) is 18.1 Å². The molecule has 7 heteroatoms. The highest BCUT2D eigenvalue weighted by molar-refractivity contribution is 6.30. The van der Waals surface area contributed by atoms with Crippen LogP contribution in [0.5, 0.6) is 0 Å². The van der Waals surface area contributed by atoms with Crippen LogP contribution in [-0.4, -0.2) is 58.8 Å². The smallest absolute Gasteiger partial charge is 0.318 e. The van der Waals surface area contributed by atoms with Crippen LogP contribution in [0.2, 0.25) is 5.02 Å². The first-order valence-electron chi connectivity index (χ1n) is 8.05. The molecular weight excluding hydrogens is 332 g/mol. The molecule has 1 aliphatic heterocycles. The van der Waals surface area contributed by atoms with E-state index in [0.717, 1.165) is 18.4 Å². The van der Waals surface area contributed by atoms with E-state index in [-0.39, 0.29) is 5.92 Å². The van der Waals surface area contributed by atoms with Crippen LogP contribution in [0.25, 0.3) is 0 Å². The van der Waals surface area contributed by atoms with E-state index in [1.165, 1.54) is 6.92 Å². The number of carbonyl (C=O) groups excluding carboxylic acids is 2. The van der Waals surface area contributed by atoms with Gasteiger partial charge in [-0.15, -0.1) is 0 Å². The lowest BCUT2D eigenvalue weighted by Crippen LogP contribution is -2.54. The third kappa shape index (κ3) is 4.69. The van der Waals surface area contributed by atoms with Gasteiger partial charge in [0.15, 0.2) is 5.78 Å². The first kappa shape index (κ1) is 18.7. The molecule has 2 amide bonds. The molecule has 0 aromatic heterocycles. The maximum absolute atomic E-state index is 12.4. The number of amides is 2. The monoisotopic (exact) mass is 354 g/mol. The van der Waals surface area contributed by atoms with Crippen LogP contribution in [0.1, 0.15) is 31.2 Å². The normalized spacial score (nSPS) is 20.3. The predicted molar refractivity (Wildman–Crippen MR) is 91.1 cm³/mol. The van der Waals surface area contributed by atoms with Gasteiger partial charge in [-0.3, -0.25) is 4.79 Å².